The summed E-state index contributed by atoms with van der Waals surface area (Å²) in [5.41, 5.74) is 14.4. The lowest BCUT2D eigenvalue weighted by Crippen LogP contribution is -2.15. The second kappa shape index (κ2) is 11.5. The molecule has 0 radical (unpaired) electrons. The van der Waals surface area contributed by atoms with Gasteiger partial charge in [0.05, 0.1) is 0 Å². The van der Waals surface area contributed by atoms with Crippen molar-refractivity contribution in [3.8, 4) is 44.5 Å². The van der Waals surface area contributed by atoms with Gasteiger partial charge < -0.3 is 4.42 Å². The largest absolute Gasteiger partial charge is 0.455 e. The predicted molar refractivity (Wildman–Crippen MR) is 238 cm³/mol. The Morgan fingerprint density at radius 1 is 0.339 bits per heavy atom. The lowest BCUT2D eigenvalue weighted by molar-refractivity contribution is 0.660. The number of furan rings is 1. The molecule has 12 rings (SSSR count). The highest BCUT2D eigenvalue weighted by Crippen LogP contribution is 2.53. The SMILES string of the molecule is CC1(C)c2cc(-c3c4ccccc4c(-c4ccc5ccccc5c4)c4ccccc34)ccc2-c2ccc(-c3c4ccccc4cc4c3oc3ccccc34)cc21. The lowest BCUT2D eigenvalue weighted by atomic mass is 9.79. The van der Waals surface area contributed by atoms with E-state index in [4.69, 9.17) is 4.42 Å². The topological polar surface area (TPSA) is 13.1 Å². The first-order valence-electron chi connectivity index (χ1n) is 19.6. The second-order valence-electron chi connectivity index (χ2n) is 16.0. The van der Waals surface area contributed by atoms with Crippen molar-refractivity contribution in [3.05, 3.63) is 193 Å². The maximum absolute atomic E-state index is 6.67. The van der Waals surface area contributed by atoms with Crippen molar-refractivity contribution in [3.63, 3.8) is 0 Å². The fourth-order valence-corrected chi connectivity index (χ4v) is 9.95. The Kier molecular flexibility index (Phi) is 6.46. The second-order valence-corrected chi connectivity index (χ2v) is 16.0. The number of hydrogen-bond donors (Lipinski definition) is 0. The molecular formula is C55H36O. The number of benzene rings is 10. The van der Waals surface area contributed by atoms with E-state index in [1.165, 1.54) is 93.2 Å². The lowest BCUT2D eigenvalue weighted by Gasteiger charge is -2.23. The third-order valence-corrected chi connectivity index (χ3v) is 12.6. The molecule has 1 aromatic heterocycles. The smallest absolute Gasteiger partial charge is 0.143 e. The highest BCUT2D eigenvalue weighted by atomic mass is 16.3. The molecule has 0 saturated carbocycles. The van der Waals surface area contributed by atoms with Crippen LogP contribution in [0.15, 0.2) is 186 Å². The monoisotopic (exact) mass is 712 g/mol. The molecule has 0 saturated heterocycles. The van der Waals surface area contributed by atoms with Crippen molar-refractivity contribution in [1.29, 1.82) is 0 Å². The van der Waals surface area contributed by atoms with Crippen LogP contribution < -0.4 is 0 Å². The van der Waals surface area contributed by atoms with E-state index in [1.54, 1.807) is 0 Å². The zero-order valence-electron chi connectivity index (χ0n) is 31.2. The summed E-state index contributed by atoms with van der Waals surface area (Å²) >= 11 is 0. The average molecular weight is 713 g/mol. The molecule has 0 N–H and O–H groups in total. The van der Waals surface area contributed by atoms with Crippen LogP contribution in [0.1, 0.15) is 25.0 Å². The Bertz CT molecular complexity index is 3390. The van der Waals surface area contributed by atoms with Crippen LogP contribution in [0.25, 0.3) is 110 Å². The molecule has 56 heavy (non-hydrogen) atoms. The first-order valence-corrected chi connectivity index (χ1v) is 19.6. The summed E-state index contributed by atoms with van der Waals surface area (Å²) in [4.78, 5) is 0. The first kappa shape index (κ1) is 31.4. The molecule has 0 unspecified atom stereocenters. The third kappa shape index (κ3) is 4.37. The van der Waals surface area contributed by atoms with E-state index in [9.17, 15) is 0 Å². The molecular weight excluding hydrogens is 677 g/mol. The normalized spacial score (nSPS) is 13.3. The first-order chi connectivity index (χ1) is 27.5. The molecule has 11 aromatic rings. The van der Waals surface area contributed by atoms with Crippen LogP contribution in [0.5, 0.6) is 0 Å². The van der Waals surface area contributed by atoms with Gasteiger partial charge in [-0.3, -0.25) is 0 Å². The Labute approximate surface area is 325 Å². The molecule has 0 bridgehead atoms. The quantitative estimate of drug-likeness (QED) is 0.166. The Hall–Kier alpha value is -6.96. The molecule has 0 spiro atoms. The van der Waals surface area contributed by atoms with Gasteiger partial charge in [-0.1, -0.05) is 166 Å². The Morgan fingerprint density at radius 3 is 1.43 bits per heavy atom. The molecule has 1 aliphatic carbocycles. The average Bonchev–Trinajstić information content (AvgIpc) is 3.72. The molecule has 0 fully saturated rings. The maximum Gasteiger partial charge on any atom is 0.143 e. The van der Waals surface area contributed by atoms with Gasteiger partial charge in [-0.25, -0.2) is 0 Å². The standard InChI is InChI=1S/C55H36O/c1-55(2)48-31-37(52-45-20-9-7-18-43(45)51(44-19-8-10-21-46(44)52)36-24-23-33-13-3-4-14-34(33)29-36)25-27-40(48)41-28-26-38(32-49(41)55)53-39-16-6-5-15-35(39)30-47-42-17-11-12-22-50(42)56-54(47)53/h3-32H,1-2H3. The van der Waals surface area contributed by atoms with Crippen LogP contribution in [0, 0.1) is 0 Å². The fourth-order valence-electron chi connectivity index (χ4n) is 9.95. The van der Waals surface area contributed by atoms with Gasteiger partial charge >= 0.3 is 0 Å². The van der Waals surface area contributed by atoms with Crippen LogP contribution in [-0.2, 0) is 5.41 Å². The van der Waals surface area contributed by atoms with E-state index < -0.39 is 0 Å². The van der Waals surface area contributed by atoms with Gasteiger partial charge in [-0.15, -0.1) is 0 Å². The van der Waals surface area contributed by atoms with Crippen molar-refractivity contribution in [1.82, 2.24) is 0 Å². The van der Waals surface area contributed by atoms with Gasteiger partial charge in [-0.2, -0.15) is 0 Å². The third-order valence-electron chi connectivity index (χ3n) is 12.6. The Balaban J connectivity index is 1.05. The van der Waals surface area contributed by atoms with E-state index in [0.29, 0.717) is 0 Å². The molecule has 0 amide bonds. The van der Waals surface area contributed by atoms with Gasteiger partial charge in [0.25, 0.3) is 0 Å². The molecule has 1 aliphatic rings. The fraction of sp³-hybridized carbons (Fsp3) is 0.0545. The summed E-state index contributed by atoms with van der Waals surface area (Å²) in [6, 6.07) is 67.2. The van der Waals surface area contributed by atoms with Gasteiger partial charge in [-0.05, 0) is 123 Å². The van der Waals surface area contributed by atoms with E-state index in [0.717, 1.165) is 27.5 Å². The molecule has 1 heterocycles. The molecule has 0 aliphatic heterocycles. The van der Waals surface area contributed by atoms with E-state index >= 15 is 0 Å². The van der Waals surface area contributed by atoms with Crippen LogP contribution in [-0.4, -0.2) is 0 Å². The van der Waals surface area contributed by atoms with E-state index in [2.05, 4.69) is 196 Å². The number of para-hydroxylation sites is 1. The molecule has 10 aromatic carbocycles. The van der Waals surface area contributed by atoms with Crippen molar-refractivity contribution >= 4 is 65.0 Å². The Morgan fingerprint density at radius 2 is 0.804 bits per heavy atom. The number of rotatable bonds is 3. The van der Waals surface area contributed by atoms with Crippen LogP contribution >= 0.6 is 0 Å². The minimum Gasteiger partial charge on any atom is -0.455 e. The van der Waals surface area contributed by atoms with Crippen molar-refractivity contribution < 1.29 is 4.42 Å². The van der Waals surface area contributed by atoms with Crippen LogP contribution in [0.2, 0.25) is 0 Å². The number of fused-ring (bicyclic) bond motifs is 10. The molecule has 0 atom stereocenters. The molecule has 262 valence electrons. The maximum atomic E-state index is 6.67. The summed E-state index contributed by atoms with van der Waals surface area (Å²) in [6.45, 7) is 4.79. The number of hydrogen-bond acceptors (Lipinski definition) is 1. The summed E-state index contributed by atoms with van der Waals surface area (Å²) in [5, 5.41) is 12.4. The van der Waals surface area contributed by atoms with Gasteiger partial charge in [0.1, 0.15) is 11.2 Å². The van der Waals surface area contributed by atoms with Crippen molar-refractivity contribution in [2.24, 2.45) is 0 Å². The van der Waals surface area contributed by atoms with Gasteiger partial charge in [0, 0.05) is 21.8 Å². The highest BCUT2D eigenvalue weighted by Gasteiger charge is 2.36. The van der Waals surface area contributed by atoms with Gasteiger partial charge in [0.2, 0.25) is 0 Å². The molecule has 1 nitrogen and oxygen atoms in total. The highest BCUT2D eigenvalue weighted by molar-refractivity contribution is 6.22. The van der Waals surface area contributed by atoms with E-state index in [1.807, 2.05) is 0 Å². The summed E-state index contributed by atoms with van der Waals surface area (Å²) in [6.07, 6.45) is 0. The van der Waals surface area contributed by atoms with Crippen LogP contribution in [0.3, 0.4) is 0 Å². The van der Waals surface area contributed by atoms with E-state index in [-0.39, 0.29) is 5.41 Å². The minimum atomic E-state index is -0.217. The summed E-state index contributed by atoms with van der Waals surface area (Å²) in [7, 11) is 0. The summed E-state index contributed by atoms with van der Waals surface area (Å²) < 4.78 is 6.67. The predicted octanol–water partition coefficient (Wildman–Crippen LogP) is 15.5. The van der Waals surface area contributed by atoms with Gasteiger partial charge in [0.15, 0.2) is 0 Å². The van der Waals surface area contributed by atoms with Crippen molar-refractivity contribution in [2.75, 3.05) is 0 Å². The summed E-state index contributed by atoms with van der Waals surface area (Å²) in [5.74, 6) is 0. The molecule has 1 heteroatoms. The minimum absolute atomic E-state index is 0.217. The zero-order valence-corrected chi connectivity index (χ0v) is 31.2. The van der Waals surface area contributed by atoms with Crippen molar-refractivity contribution in [2.45, 2.75) is 19.3 Å². The zero-order chi connectivity index (χ0) is 37.1. The van der Waals surface area contributed by atoms with Crippen LogP contribution in [0.4, 0.5) is 0 Å².